The largest absolute Gasteiger partial charge is 0.497 e. The molecule has 0 aromatic carbocycles. The van der Waals surface area contributed by atoms with Crippen molar-refractivity contribution < 1.29 is 4.74 Å². The molecule has 0 unspecified atom stereocenters. The highest BCUT2D eigenvalue weighted by Gasteiger charge is 1.91. The maximum atomic E-state index is 5.13. The van der Waals surface area contributed by atoms with Crippen LogP contribution in [0.15, 0.2) is 59.9 Å². The van der Waals surface area contributed by atoms with Crippen LogP contribution >= 0.6 is 0 Å². The van der Waals surface area contributed by atoms with E-state index in [9.17, 15) is 0 Å². The third kappa shape index (κ3) is 6.07. The summed E-state index contributed by atoms with van der Waals surface area (Å²) in [5, 5.41) is 0. The summed E-state index contributed by atoms with van der Waals surface area (Å²) in [7, 11) is 1.66. The molecular weight excluding hydrogens is 196 g/mol. The molecular formula is C15H22O. The molecule has 0 saturated heterocycles. The van der Waals surface area contributed by atoms with Crippen molar-refractivity contribution >= 4 is 0 Å². The predicted octanol–water partition coefficient (Wildman–Crippen LogP) is 4.56. The van der Waals surface area contributed by atoms with E-state index in [1.165, 1.54) is 0 Å². The van der Waals surface area contributed by atoms with Crippen LogP contribution in [0.3, 0.4) is 0 Å². The predicted molar refractivity (Wildman–Crippen MR) is 72.2 cm³/mol. The lowest BCUT2D eigenvalue weighted by Crippen LogP contribution is -1.82. The van der Waals surface area contributed by atoms with Crippen LogP contribution in [0.1, 0.15) is 27.2 Å². The van der Waals surface area contributed by atoms with Crippen LogP contribution in [0.5, 0.6) is 0 Å². The van der Waals surface area contributed by atoms with E-state index in [0.29, 0.717) is 0 Å². The van der Waals surface area contributed by atoms with Gasteiger partial charge in [0.1, 0.15) is 5.76 Å². The van der Waals surface area contributed by atoms with Crippen LogP contribution in [-0.2, 0) is 4.74 Å². The molecule has 0 saturated carbocycles. The summed E-state index contributed by atoms with van der Waals surface area (Å²) < 4.78 is 5.13. The molecule has 0 aliphatic rings. The molecule has 0 aliphatic carbocycles. The standard InChI is InChI=1S/C15H22O/c1-6-8-9-10-13(3)14(4)11-12-15(7-2)16-5/h7-12H,4,6H2,1-3,5H3/b9-8-,12-11-,13-10+,15-7+. The number of allylic oxidation sites excluding steroid dienone is 8. The Hall–Kier alpha value is -1.50. The second-order valence-electron chi connectivity index (χ2n) is 3.44. The van der Waals surface area contributed by atoms with E-state index in [-0.39, 0.29) is 0 Å². The van der Waals surface area contributed by atoms with E-state index in [2.05, 4.69) is 38.7 Å². The molecule has 0 spiro atoms. The quantitative estimate of drug-likeness (QED) is 0.469. The van der Waals surface area contributed by atoms with Gasteiger partial charge in [0.2, 0.25) is 0 Å². The summed E-state index contributed by atoms with van der Waals surface area (Å²) in [5.74, 6) is 0.845. The molecule has 88 valence electrons. The van der Waals surface area contributed by atoms with Gasteiger partial charge in [0, 0.05) is 0 Å². The van der Waals surface area contributed by atoms with Crippen molar-refractivity contribution in [1.82, 2.24) is 0 Å². The third-order valence-corrected chi connectivity index (χ3v) is 2.19. The molecule has 0 rings (SSSR count). The van der Waals surface area contributed by atoms with Crippen molar-refractivity contribution in [3.63, 3.8) is 0 Å². The second kappa shape index (κ2) is 8.78. The SMILES string of the molecule is C=C(/C=C\C(=C/C)OC)/C(C)=C/C=C\CC. The van der Waals surface area contributed by atoms with Crippen molar-refractivity contribution in [3.8, 4) is 0 Å². The van der Waals surface area contributed by atoms with Crippen molar-refractivity contribution in [2.24, 2.45) is 0 Å². The Bertz CT molecular complexity index is 327. The molecule has 0 aliphatic heterocycles. The molecule has 0 N–H and O–H groups in total. The summed E-state index contributed by atoms with van der Waals surface area (Å²) >= 11 is 0. The smallest absolute Gasteiger partial charge is 0.114 e. The van der Waals surface area contributed by atoms with E-state index in [4.69, 9.17) is 4.74 Å². The Kier molecular flexibility index (Phi) is 7.96. The minimum Gasteiger partial charge on any atom is -0.497 e. The van der Waals surface area contributed by atoms with Gasteiger partial charge in [-0.15, -0.1) is 0 Å². The highest BCUT2D eigenvalue weighted by Crippen LogP contribution is 2.10. The van der Waals surface area contributed by atoms with Crippen molar-refractivity contribution in [2.75, 3.05) is 7.11 Å². The zero-order valence-corrected chi connectivity index (χ0v) is 10.8. The number of methoxy groups -OCH3 is 1. The lowest BCUT2D eigenvalue weighted by molar-refractivity contribution is 0.306. The zero-order valence-electron chi connectivity index (χ0n) is 10.8. The Morgan fingerprint density at radius 2 is 2.00 bits per heavy atom. The maximum Gasteiger partial charge on any atom is 0.114 e. The molecule has 0 amide bonds. The molecule has 0 aromatic heterocycles. The molecule has 0 bridgehead atoms. The Morgan fingerprint density at radius 3 is 2.50 bits per heavy atom. The van der Waals surface area contributed by atoms with Gasteiger partial charge >= 0.3 is 0 Å². The van der Waals surface area contributed by atoms with Crippen LogP contribution in [-0.4, -0.2) is 7.11 Å². The Labute approximate surface area is 99.5 Å². The highest BCUT2D eigenvalue weighted by atomic mass is 16.5. The van der Waals surface area contributed by atoms with E-state index in [1.54, 1.807) is 7.11 Å². The fourth-order valence-corrected chi connectivity index (χ4v) is 1.05. The summed E-state index contributed by atoms with van der Waals surface area (Å²) in [6.07, 6.45) is 13.1. The zero-order chi connectivity index (χ0) is 12.4. The van der Waals surface area contributed by atoms with Crippen LogP contribution in [0.25, 0.3) is 0 Å². The average Bonchev–Trinajstić information content (AvgIpc) is 2.30. The monoisotopic (exact) mass is 218 g/mol. The van der Waals surface area contributed by atoms with Crippen molar-refractivity contribution in [3.05, 3.63) is 59.9 Å². The van der Waals surface area contributed by atoms with Crippen molar-refractivity contribution in [2.45, 2.75) is 27.2 Å². The third-order valence-electron chi connectivity index (χ3n) is 2.19. The van der Waals surface area contributed by atoms with Gasteiger partial charge in [-0.05, 0) is 43.6 Å². The van der Waals surface area contributed by atoms with Gasteiger partial charge in [0.05, 0.1) is 7.11 Å². The van der Waals surface area contributed by atoms with Crippen LogP contribution in [0, 0.1) is 0 Å². The number of hydrogen-bond donors (Lipinski definition) is 0. The minimum absolute atomic E-state index is 0.845. The summed E-state index contributed by atoms with van der Waals surface area (Å²) in [4.78, 5) is 0. The van der Waals surface area contributed by atoms with E-state index in [1.807, 2.05) is 25.2 Å². The molecule has 0 aromatic rings. The lowest BCUT2D eigenvalue weighted by atomic mass is 10.1. The highest BCUT2D eigenvalue weighted by molar-refractivity contribution is 5.39. The van der Waals surface area contributed by atoms with Gasteiger partial charge in [-0.3, -0.25) is 0 Å². The summed E-state index contributed by atoms with van der Waals surface area (Å²) in [5.41, 5.74) is 2.16. The van der Waals surface area contributed by atoms with E-state index in [0.717, 1.165) is 23.3 Å². The number of ether oxygens (including phenoxy) is 1. The van der Waals surface area contributed by atoms with Gasteiger partial charge in [0.15, 0.2) is 0 Å². The average molecular weight is 218 g/mol. The molecule has 1 nitrogen and oxygen atoms in total. The first kappa shape index (κ1) is 14.5. The molecule has 16 heavy (non-hydrogen) atoms. The second-order valence-corrected chi connectivity index (χ2v) is 3.44. The topological polar surface area (TPSA) is 9.23 Å². The van der Waals surface area contributed by atoms with Gasteiger partial charge in [-0.25, -0.2) is 0 Å². The fourth-order valence-electron chi connectivity index (χ4n) is 1.05. The summed E-state index contributed by atoms with van der Waals surface area (Å²) in [6, 6.07) is 0. The number of rotatable bonds is 6. The van der Waals surface area contributed by atoms with E-state index >= 15 is 0 Å². The number of hydrogen-bond acceptors (Lipinski definition) is 1. The summed E-state index contributed by atoms with van der Waals surface area (Å²) in [6.45, 7) is 10.1. The van der Waals surface area contributed by atoms with Gasteiger partial charge in [0.25, 0.3) is 0 Å². The molecule has 0 fully saturated rings. The molecule has 0 radical (unpaired) electrons. The fraction of sp³-hybridized carbons (Fsp3) is 0.333. The lowest BCUT2D eigenvalue weighted by Gasteiger charge is -2.01. The first-order valence-corrected chi connectivity index (χ1v) is 5.56. The molecule has 1 heteroatoms. The normalized spacial score (nSPS) is 13.8. The van der Waals surface area contributed by atoms with Crippen LogP contribution < -0.4 is 0 Å². The Balaban J connectivity index is 4.47. The first-order chi connectivity index (χ1) is 7.65. The minimum atomic E-state index is 0.845. The van der Waals surface area contributed by atoms with Gasteiger partial charge in [-0.1, -0.05) is 37.8 Å². The van der Waals surface area contributed by atoms with E-state index < -0.39 is 0 Å². The molecule has 0 atom stereocenters. The first-order valence-electron chi connectivity index (χ1n) is 5.56. The molecule has 0 heterocycles. The van der Waals surface area contributed by atoms with Crippen LogP contribution in [0.4, 0.5) is 0 Å². The van der Waals surface area contributed by atoms with Gasteiger partial charge in [-0.2, -0.15) is 0 Å². The van der Waals surface area contributed by atoms with Crippen molar-refractivity contribution in [1.29, 1.82) is 0 Å². The Morgan fingerprint density at radius 1 is 1.31 bits per heavy atom. The van der Waals surface area contributed by atoms with Gasteiger partial charge < -0.3 is 4.74 Å². The van der Waals surface area contributed by atoms with Crippen LogP contribution in [0.2, 0.25) is 0 Å². The maximum absolute atomic E-state index is 5.13.